The van der Waals surface area contributed by atoms with Gasteiger partial charge in [-0.25, -0.2) is 8.42 Å². The van der Waals surface area contributed by atoms with Gasteiger partial charge in [0.1, 0.15) is 10.9 Å². The molecule has 1 aromatic rings. The van der Waals surface area contributed by atoms with E-state index < -0.39 is 16.1 Å². The lowest BCUT2D eigenvalue weighted by Gasteiger charge is -2.06. The Morgan fingerprint density at radius 3 is 2.86 bits per heavy atom. The molecule has 14 heavy (non-hydrogen) atoms. The van der Waals surface area contributed by atoms with Crippen LogP contribution in [0.1, 0.15) is 6.92 Å². The number of nitrogens with zero attached hydrogens (tertiary/aromatic N) is 2. The van der Waals surface area contributed by atoms with Crippen molar-refractivity contribution in [3.8, 4) is 6.07 Å². The van der Waals surface area contributed by atoms with E-state index in [-0.39, 0.29) is 4.90 Å². The van der Waals surface area contributed by atoms with Gasteiger partial charge in [-0.2, -0.15) is 9.98 Å². The van der Waals surface area contributed by atoms with Crippen LogP contribution >= 0.6 is 0 Å². The van der Waals surface area contributed by atoms with E-state index in [2.05, 4.69) is 9.71 Å². The number of rotatable bonds is 3. The summed E-state index contributed by atoms with van der Waals surface area (Å²) in [7, 11) is -3.61. The van der Waals surface area contributed by atoms with E-state index in [1.807, 2.05) is 0 Å². The van der Waals surface area contributed by atoms with Crippen LogP contribution in [-0.4, -0.2) is 19.4 Å². The highest BCUT2D eigenvalue weighted by atomic mass is 32.2. The summed E-state index contributed by atoms with van der Waals surface area (Å²) in [5.41, 5.74) is 0. The summed E-state index contributed by atoms with van der Waals surface area (Å²) in [5.74, 6) is 0. The van der Waals surface area contributed by atoms with Gasteiger partial charge in [-0.3, -0.25) is 4.98 Å². The maximum atomic E-state index is 11.5. The largest absolute Gasteiger partial charge is 0.263 e. The first-order chi connectivity index (χ1) is 6.56. The minimum absolute atomic E-state index is 0.0575. The summed E-state index contributed by atoms with van der Waals surface area (Å²) in [6.45, 7) is 1.47. The van der Waals surface area contributed by atoms with Gasteiger partial charge in [-0.05, 0) is 19.1 Å². The van der Waals surface area contributed by atoms with Gasteiger partial charge in [0.05, 0.1) is 6.07 Å². The van der Waals surface area contributed by atoms with E-state index in [0.717, 1.165) is 0 Å². The van der Waals surface area contributed by atoms with Crippen molar-refractivity contribution in [2.75, 3.05) is 0 Å². The molecule has 1 rings (SSSR count). The molecule has 0 aliphatic rings. The second-order valence-corrected chi connectivity index (χ2v) is 4.37. The topological polar surface area (TPSA) is 82.9 Å². The first kappa shape index (κ1) is 10.6. The fraction of sp³-hybridized carbons (Fsp3) is 0.250. The van der Waals surface area contributed by atoms with Gasteiger partial charge in [0.25, 0.3) is 0 Å². The number of sulfonamides is 1. The first-order valence-corrected chi connectivity index (χ1v) is 5.36. The Labute approximate surface area is 82.4 Å². The van der Waals surface area contributed by atoms with E-state index in [1.54, 1.807) is 6.07 Å². The zero-order valence-electron chi connectivity index (χ0n) is 7.51. The molecule has 0 saturated carbocycles. The van der Waals surface area contributed by atoms with E-state index in [9.17, 15) is 8.42 Å². The van der Waals surface area contributed by atoms with Crippen molar-refractivity contribution in [3.05, 3.63) is 24.5 Å². The molecule has 0 aliphatic heterocycles. The number of pyridine rings is 1. The van der Waals surface area contributed by atoms with Crippen molar-refractivity contribution in [2.45, 2.75) is 17.9 Å². The lowest BCUT2D eigenvalue weighted by Crippen LogP contribution is -2.31. The Morgan fingerprint density at radius 1 is 1.64 bits per heavy atom. The van der Waals surface area contributed by atoms with Crippen molar-refractivity contribution in [1.29, 1.82) is 5.26 Å². The third kappa shape index (κ3) is 2.52. The van der Waals surface area contributed by atoms with Crippen molar-refractivity contribution >= 4 is 10.0 Å². The molecule has 5 nitrogen and oxygen atoms in total. The molecule has 0 spiro atoms. The van der Waals surface area contributed by atoms with Gasteiger partial charge >= 0.3 is 0 Å². The van der Waals surface area contributed by atoms with Crippen LogP contribution in [0.5, 0.6) is 0 Å². The lowest BCUT2D eigenvalue weighted by molar-refractivity contribution is 0.576. The van der Waals surface area contributed by atoms with Crippen LogP contribution in [0.25, 0.3) is 0 Å². The van der Waals surface area contributed by atoms with Crippen LogP contribution in [0.2, 0.25) is 0 Å². The first-order valence-electron chi connectivity index (χ1n) is 3.88. The van der Waals surface area contributed by atoms with Crippen molar-refractivity contribution in [1.82, 2.24) is 9.71 Å². The summed E-state index contributed by atoms with van der Waals surface area (Å²) in [5, 5.41) is 8.45. The second-order valence-electron chi connectivity index (χ2n) is 2.66. The van der Waals surface area contributed by atoms with Crippen molar-refractivity contribution < 1.29 is 8.42 Å². The standard InChI is InChI=1S/C8H9N3O2S/c1-7(5-9)11-14(12,13)8-3-2-4-10-6-8/h2-4,6-7,11H,1H3. The molecular weight excluding hydrogens is 202 g/mol. The zero-order valence-corrected chi connectivity index (χ0v) is 8.32. The Morgan fingerprint density at radius 2 is 2.36 bits per heavy atom. The number of hydrogen-bond acceptors (Lipinski definition) is 4. The Bertz CT molecular complexity index is 435. The van der Waals surface area contributed by atoms with Crippen LogP contribution < -0.4 is 4.72 Å². The Balaban J connectivity index is 2.94. The number of nitrogens with one attached hydrogen (secondary N) is 1. The molecule has 1 heterocycles. The molecular formula is C8H9N3O2S. The van der Waals surface area contributed by atoms with Crippen molar-refractivity contribution in [3.63, 3.8) is 0 Å². The lowest BCUT2D eigenvalue weighted by atomic mass is 10.4. The van der Waals surface area contributed by atoms with Crippen LogP contribution in [0, 0.1) is 11.3 Å². The van der Waals surface area contributed by atoms with Gasteiger partial charge in [-0.15, -0.1) is 0 Å². The fourth-order valence-electron chi connectivity index (χ4n) is 0.833. The van der Waals surface area contributed by atoms with Crippen LogP contribution in [0.15, 0.2) is 29.4 Å². The summed E-state index contributed by atoms with van der Waals surface area (Å²) >= 11 is 0. The molecule has 0 bridgehead atoms. The molecule has 0 aliphatic carbocycles. The maximum absolute atomic E-state index is 11.5. The minimum Gasteiger partial charge on any atom is -0.263 e. The average molecular weight is 211 g/mol. The van der Waals surface area contributed by atoms with E-state index in [4.69, 9.17) is 5.26 Å². The molecule has 1 N–H and O–H groups in total. The second kappa shape index (κ2) is 4.17. The third-order valence-corrected chi connectivity index (χ3v) is 3.00. The predicted octanol–water partition coefficient (Wildman–Crippen LogP) is 0.272. The van der Waals surface area contributed by atoms with Gasteiger partial charge in [0.15, 0.2) is 0 Å². The van der Waals surface area contributed by atoms with Gasteiger partial charge in [0.2, 0.25) is 10.0 Å². The van der Waals surface area contributed by atoms with Crippen LogP contribution in [-0.2, 0) is 10.0 Å². The van der Waals surface area contributed by atoms with E-state index in [0.29, 0.717) is 0 Å². The summed E-state index contributed by atoms with van der Waals surface area (Å²) in [4.78, 5) is 3.74. The summed E-state index contributed by atoms with van der Waals surface area (Å²) in [6, 6.07) is 3.97. The SMILES string of the molecule is CC(C#N)NS(=O)(=O)c1cccnc1. The minimum atomic E-state index is -3.61. The Hall–Kier alpha value is -1.45. The summed E-state index contributed by atoms with van der Waals surface area (Å²) < 4.78 is 25.2. The normalized spacial score (nSPS) is 13.1. The molecule has 0 fully saturated rings. The van der Waals surface area contributed by atoms with E-state index >= 15 is 0 Å². The van der Waals surface area contributed by atoms with E-state index in [1.165, 1.54) is 31.5 Å². The molecule has 0 radical (unpaired) electrons. The molecule has 1 atom stereocenters. The Kier molecular flexibility index (Phi) is 3.17. The monoisotopic (exact) mass is 211 g/mol. The molecule has 0 aromatic carbocycles. The smallest absolute Gasteiger partial charge is 0.243 e. The van der Waals surface area contributed by atoms with Crippen LogP contribution in [0.3, 0.4) is 0 Å². The molecule has 1 aromatic heterocycles. The molecule has 74 valence electrons. The maximum Gasteiger partial charge on any atom is 0.243 e. The zero-order chi connectivity index (χ0) is 10.6. The van der Waals surface area contributed by atoms with Crippen LogP contribution in [0.4, 0.5) is 0 Å². The highest BCUT2D eigenvalue weighted by Crippen LogP contribution is 2.05. The number of hydrogen-bond donors (Lipinski definition) is 1. The van der Waals surface area contributed by atoms with Gasteiger partial charge < -0.3 is 0 Å². The fourth-order valence-corrected chi connectivity index (χ4v) is 1.94. The average Bonchev–Trinajstić information content (AvgIpc) is 2.18. The molecule has 0 saturated heterocycles. The van der Waals surface area contributed by atoms with Gasteiger partial charge in [0, 0.05) is 12.4 Å². The van der Waals surface area contributed by atoms with Crippen molar-refractivity contribution in [2.24, 2.45) is 0 Å². The number of nitriles is 1. The quantitative estimate of drug-likeness (QED) is 0.778. The number of aromatic nitrogens is 1. The highest BCUT2D eigenvalue weighted by molar-refractivity contribution is 7.89. The predicted molar refractivity (Wildman–Crippen MR) is 49.6 cm³/mol. The summed E-state index contributed by atoms with van der Waals surface area (Å²) in [6.07, 6.45) is 2.71. The molecule has 1 unspecified atom stereocenters. The highest BCUT2D eigenvalue weighted by Gasteiger charge is 2.16. The third-order valence-electron chi connectivity index (χ3n) is 1.47. The van der Waals surface area contributed by atoms with Gasteiger partial charge in [-0.1, -0.05) is 0 Å². The molecule has 0 amide bonds. The molecule has 6 heteroatoms.